The van der Waals surface area contributed by atoms with Crippen LogP contribution in [0.4, 0.5) is 0 Å². The Morgan fingerprint density at radius 3 is 2.87 bits per heavy atom. The van der Waals surface area contributed by atoms with Gasteiger partial charge in [0, 0.05) is 23.8 Å². The number of nitrogens with zero attached hydrogens (tertiary/aromatic N) is 3. The number of carboxylic acid groups (broad SMARTS) is 1. The Labute approximate surface area is 136 Å². The maximum absolute atomic E-state index is 12.7. The quantitative estimate of drug-likeness (QED) is 0.895. The highest BCUT2D eigenvalue weighted by Crippen LogP contribution is 2.24. The molecule has 1 fully saturated rings. The first-order valence-corrected chi connectivity index (χ1v) is 8.27. The van der Waals surface area contributed by atoms with Gasteiger partial charge in [-0.2, -0.15) is 0 Å². The monoisotopic (exact) mass is 335 g/mol. The highest BCUT2D eigenvalue weighted by Gasteiger charge is 2.36. The van der Waals surface area contributed by atoms with Crippen LogP contribution in [0.1, 0.15) is 35.8 Å². The zero-order valence-electron chi connectivity index (χ0n) is 12.9. The van der Waals surface area contributed by atoms with Crippen molar-refractivity contribution in [2.45, 2.75) is 32.7 Å². The number of carbonyl (C=O) groups excluding carboxylic acids is 1. The van der Waals surface area contributed by atoms with Crippen LogP contribution in [0.3, 0.4) is 0 Å². The fraction of sp³-hybridized carbons (Fsp3) is 0.467. The van der Waals surface area contributed by atoms with Crippen molar-refractivity contribution in [3.63, 3.8) is 0 Å². The number of carboxylic acids is 1. The maximum Gasteiger partial charge on any atom is 0.326 e. The van der Waals surface area contributed by atoms with E-state index in [0.717, 1.165) is 6.42 Å². The number of rotatable bonds is 2. The first-order valence-electron chi connectivity index (χ1n) is 7.39. The van der Waals surface area contributed by atoms with Crippen molar-refractivity contribution in [2.24, 2.45) is 5.92 Å². The van der Waals surface area contributed by atoms with Crippen molar-refractivity contribution in [1.82, 2.24) is 14.3 Å². The average Bonchev–Trinajstić information content (AvgIpc) is 2.89. The molecule has 3 rings (SSSR count). The van der Waals surface area contributed by atoms with Crippen LogP contribution < -0.4 is 5.56 Å². The van der Waals surface area contributed by atoms with Gasteiger partial charge in [0.05, 0.1) is 0 Å². The Bertz CT molecular complexity index is 841. The molecule has 0 saturated carbocycles. The molecule has 0 spiro atoms. The summed E-state index contributed by atoms with van der Waals surface area (Å²) in [5, 5.41) is 11.2. The molecule has 3 heterocycles. The summed E-state index contributed by atoms with van der Waals surface area (Å²) in [4.78, 5) is 42.7. The van der Waals surface area contributed by atoms with E-state index in [1.54, 1.807) is 12.3 Å². The first kappa shape index (κ1) is 15.7. The zero-order chi connectivity index (χ0) is 16.7. The molecule has 0 radical (unpaired) electrons. The molecule has 2 aromatic rings. The minimum absolute atomic E-state index is 0.0789. The van der Waals surface area contributed by atoms with Gasteiger partial charge < -0.3 is 10.0 Å². The molecule has 7 nitrogen and oxygen atoms in total. The van der Waals surface area contributed by atoms with Gasteiger partial charge in [-0.05, 0) is 25.7 Å². The van der Waals surface area contributed by atoms with Crippen molar-refractivity contribution < 1.29 is 14.7 Å². The molecule has 0 aliphatic carbocycles. The van der Waals surface area contributed by atoms with E-state index in [-0.39, 0.29) is 11.5 Å². The molecule has 0 aromatic carbocycles. The van der Waals surface area contributed by atoms with Gasteiger partial charge in [0.15, 0.2) is 4.96 Å². The van der Waals surface area contributed by atoms with Crippen LogP contribution in [-0.2, 0) is 4.79 Å². The molecule has 8 heteroatoms. The summed E-state index contributed by atoms with van der Waals surface area (Å²) in [6.07, 6.45) is 2.38. The number of hydrogen-bond acceptors (Lipinski definition) is 5. The van der Waals surface area contributed by atoms with Crippen molar-refractivity contribution in [3.8, 4) is 0 Å². The lowest BCUT2D eigenvalue weighted by molar-refractivity contribution is -0.144. The summed E-state index contributed by atoms with van der Waals surface area (Å²) in [6.45, 7) is 4.07. The van der Waals surface area contributed by atoms with E-state index in [1.165, 1.54) is 26.8 Å². The normalized spacial score (nSPS) is 21.6. The van der Waals surface area contributed by atoms with Crippen molar-refractivity contribution >= 4 is 28.2 Å². The third-order valence-corrected chi connectivity index (χ3v) is 5.22. The number of thiazole rings is 1. The molecule has 2 unspecified atom stereocenters. The van der Waals surface area contributed by atoms with Crippen molar-refractivity contribution in [2.75, 3.05) is 6.54 Å². The molecule has 122 valence electrons. The Morgan fingerprint density at radius 1 is 1.43 bits per heavy atom. The van der Waals surface area contributed by atoms with Gasteiger partial charge in [-0.25, -0.2) is 9.78 Å². The Balaban J connectivity index is 2.02. The number of aliphatic carboxylic acids is 1. The van der Waals surface area contributed by atoms with Crippen molar-refractivity contribution in [3.05, 3.63) is 33.2 Å². The topological polar surface area (TPSA) is 92.0 Å². The Morgan fingerprint density at radius 2 is 2.17 bits per heavy atom. The molecular formula is C15H17N3O4S. The number of carbonyl (C=O) groups is 2. The highest BCUT2D eigenvalue weighted by atomic mass is 32.1. The zero-order valence-corrected chi connectivity index (χ0v) is 13.7. The third kappa shape index (κ3) is 2.63. The van der Waals surface area contributed by atoms with Gasteiger partial charge in [0.25, 0.3) is 11.5 Å². The summed E-state index contributed by atoms with van der Waals surface area (Å²) in [7, 11) is 0. The molecular weight excluding hydrogens is 318 g/mol. The fourth-order valence-corrected chi connectivity index (χ4v) is 3.77. The number of piperidine rings is 1. The highest BCUT2D eigenvalue weighted by molar-refractivity contribution is 7.15. The molecule has 1 amide bonds. The fourth-order valence-electron chi connectivity index (χ4n) is 2.95. The molecule has 23 heavy (non-hydrogen) atoms. The lowest BCUT2D eigenvalue weighted by atomic mass is 9.92. The third-order valence-electron chi connectivity index (χ3n) is 4.26. The standard InChI is InChI=1S/C15H17N3O4S/c1-8-3-4-17(11(5-8)14(21)22)12(19)10-6-16-15-18(13(10)20)9(2)7-23-15/h6-8,11H,3-5H2,1-2H3,(H,21,22). The Hall–Kier alpha value is -2.22. The summed E-state index contributed by atoms with van der Waals surface area (Å²) in [5.41, 5.74) is 0.186. The second-order valence-electron chi connectivity index (χ2n) is 5.95. The van der Waals surface area contributed by atoms with Crippen LogP contribution in [0.15, 0.2) is 16.4 Å². The average molecular weight is 335 g/mol. The summed E-state index contributed by atoms with van der Waals surface area (Å²) in [6, 6.07) is -0.894. The molecule has 1 N–H and O–H groups in total. The number of fused-ring (bicyclic) bond motifs is 1. The van der Waals surface area contributed by atoms with Crippen LogP contribution in [0.25, 0.3) is 4.96 Å². The van der Waals surface area contributed by atoms with E-state index in [0.29, 0.717) is 23.6 Å². The largest absolute Gasteiger partial charge is 0.480 e. The number of hydrogen-bond donors (Lipinski definition) is 1. The van der Waals surface area contributed by atoms with Gasteiger partial charge >= 0.3 is 5.97 Å². The van der Waals surface area contributed by atoms with E-state index >= 15 is 0 Å². The van der Waals surface area contributed by atoms with Gasteiger partial charge in [-0.3, -0.25) is 14.0 Å². The molecule has 1 saturated heterocycles. The molecule has 0 bridgehead atoms. The second-order valence-corrected chi connectivity index (χ2v) is 6.79. The van der Waals surface area contributed by atoms with Gasteiger partial charge in [0.2, 0.25) is 0 Å². The molecule has 2 atom stereocenters. The van der Waals surface area contributed by atoms with Gasteiger partial charge in [-0.15, -0.1) is 11.3 Å². The first-order chi connectivity index (χ1) is 10.9. The minimum Gasteiger partial charge on any atom is -0.480 e. The molecule has 1 aliphatic heterocycles. The molecule has 1 aliphatic rings. The van der Waals surface area contributed by atoms with Crippen LogP contribution in [0.5, 0.6) is 0 Å². The number of amides is 1. The van der Waals surface area contributed by atoms with E-state index in [1.807, 2.05) is 6.92 Å². The van der Waals surface area contributed by atoms with Crippen LogP contribution in [0.2, 0.25) is 0 Å². The van der Waals surface area contributed by atoms with E-state index in [4.69, 9.17) is 0 Å². The van der Waals surface area contributed by atoms with E-state index in [9.17, 15) is 19.5 Å². The van der Waals surface area contributed by atoms with Crippen molar-refractivity contribution in [1.29, 1.82) is 0 Å². The summed E-state index contributed by atoms with van der Waals surface area (Å²) in [5.74, 6) is -1.35. The van der Waals surface area contributed by atoms with E-state index < -0.39 is 23.5 Å². The van der Waals surface area contributed by atoms with Crippen LogP contribution in [-0.4, -0.2) is 43.9 Å². The van der Waals surface area contributed by atoms with Gasteiger partial charge in [-0.1, -0.05) is 6.92 Å². The number of aromatic nitrogens is 2. The second kappa shape index (κ2) is 5.77. The predicted molar refractivity (Wildman–Crippen MR) is 84.9 cm³/mol. The smallest absolute Gasteiger partial charge is 0.326 e. The molecule has 2 aromatic heterocycles. The SMILES string of the molecule is Cc1csc2ncc(C(=O)N3CCC(C)CC3C(=O)O)c(=O)n12. The number of likely N-dealkylation sites (tertiary alicyclic amines) is 1. The van der Waals surface area contributed by atoms with E-state index in [2.05, 4.69) is 4.98 Å². The van der Waals surface area contributed by atoms with Gasteiger partial charge in [0.1, 0.15) is 11.6 Å². The Kier molecular flexibility index (Phi) is 3.93. The summed E-state index contributed by atoms with van der Waals surface area (Å²) >= 11 is 1.32. The van der Waals surface area contributed by atoms with Crippen LogP contribution >= 0.6 is 11.3 Å². The maximum atomic E-state index is 12.7. The number of aryl methyl sites for hydroxylation is 1. The lowest BCUT2D eigenvalue weighted by Crippen LogP contribution is -2.51. The lowest BCUT2D eigenvalue weighted by Gasteiger charge is -2.35. The minimum atomic E-state index is -1.04. The summed E-state index contributed by atoms with van der Waals surface area (Å²) < 4.78 is 1.39. The predicted octanol–water partition coefficient (Wildman–Crippen LogP) is 1.39. The van der Waals surface area contributed by atoms with Crippen LogP contribution in [0, 0.1) is 12.8 Å².